The van der Waals surface area contributed by atoms with E-state index in [4.69, 9.17) is 4.74 Å². The molecule has 1 unspecified atom stereocenters. The molecule has 2 saturated heterocycles. The summed E-state index contributed by atoms with van der Waals surface area (Å²) in [6, 6.07) is 6.12. The second-order valence-corrected chi connectivity index (χ2v) is 6.70. The van der Waals surface area contributed by atoms with Crippen LogP contribution in [-0.2, 0) is 4.74 Å². The minimum atomic E-state index is -0.800. The molecule has 130 valence electrons. The first-order chi connectivity index (χ1) is 11.6. The van der Waals surface area contributed by atoms with Crippen molar-refractivity contribution < 1.29 is 23.6 Å². The molecule has 0 radical (unpaired) electrons. The van der Waals surface area contributed by atoms with E-state index >= 15 is 0 Å². The van der Waals surface area contributed by atoms with E-state index in [1.165, 1.54) is 50.6 Å². The number of quaternary nitrogens is 1. The number of carbonyl (C=O) groups excluding carboxylic acids is 2. The van der Waals surface area contributed by atoms with Crippen LogP contribution in [0, 0.1) is 11.7 Å². The van der Waals surface area contributed by atoms with Crippen molar-refractivity contribution in [2.75, 3.05) is 19.7 Å². The molecule has 0 bridgehead atoms. The zero-order valence-corrected chi connectivity index (χ0v) is 13.7. The van der Waals surface area contributed by atoms with E-state index in [0.717, 1.165) is 12.8 Å². The van der Waals surface area contributed by atoms with Gasteiger partial charge in [-0.1, -0.05) is 12.1 Å². The van der Waals surface area contributed by atoms with Crippen molar-refractivity contribution in [3.8, 4) is 0 Å². The number of hydrogen-bond donors (Lipinski definition) is 2. The maximum atomic E-state index is 13.5. The molecule has 2 aliphatic rings. The van der Waals surface area contributed by atoms with Crippen molar-refractivity contribution in [1.29, 1.82) is 0 Å². The summed E-state index contributed by atoms with van der Waals surface area (Å²) in [7, 11) is 0. The first kappa shape index (κ1) is 16.9. The maximum absolute atomic E-state index is 13.5. The molecule has 2 fully saturated rings. The molecule has 0 aromatic heterocycles. The van der Waals surface area contributed by atoms with Crippen molar-refractivity contribution in [3.63, 3.8) is 0 Å². The lowest BCUT2D eigenvalue weighted by Crippen LogP contribution is -3.18. The van der Waals surface area contributed by atoms with Crippen LogP contribution in [0.1, 0.15) is 42.5 Å². The molecule has 3 rings (SSSR count). The van der Waals surface area contributed by atoms with E-state index in [-0.39, 0.29) is 5.56 Å². The molecule has 1 aromatic rings. The van der Waals surface area contributed by atoms with E-state index in [2.05, 4.69) is 5.32 Å². The van der Waals surface area contributed by atoms with E-state index in [1.54, 1.807) is 11.0 Å². The van der Waals surface area contributed by atoms with Crippen molar-refractivity contribution in [2.45, 2.75) is 38.1 Å². The van der Waals surface area contributed by atoms with Crippen molar-refractivity contribution in [1.82, 2.24) is 5.32 Å². The number of fused-ring (bicyclic) bond motifs is 1. The smallest absolute Gasteiger partial charge is 0.414 e. The number of halogens is 1. The molecular formula is C18H24FN2O3+. The van der Waals surface area contributed by atoms with E-state index in [1.807, 2.05) is 0 Å². The fourth-order valence-electron chi connectivity index (χ4n) is 4.00. The van der Waals surface area contributed by atoms with Gasteiger partial charge in [-0.3, -0.25) is 10.1 Å². The van der Waals surface area contributed by atoms with Crippen LogP contribution in [0.2, 0.25) is 0 Å². The summed E-state index contributed by atoms with van der Waals surface area (Å²) in [6.45, 7) is 2.74. The second kappa shape index (κ2) is 7.75. The Kier molecular flexibility index (Phi) is 5.45. The highest BCUT2D eigenvalue weighted by atomic mass is 19.1. The molecule has 2 N–H and O–H groups in total. The Morgan fingerprint density at radius 3 is 2.79 bits per heavy atom. The normalized spacial score (nSPS) is 26.3. The third-order valence-electron chi connectivity index (χ3n) is 5.19. The summed E-state index contributed by atoms with van der Waals surface area (Å²) in [5.41, 5.74) is -0.157. The molecule has 24 heavy (non-hydrogen) atoms. The molecule has 2 amide bonds. The number of piperidine rings is 2. The zero-order chi connectivity index (χ0) is 16.9. The Balaban J connectivity index is 1.50. The van der Waals surface area contributed by atoms with Gasteiger partial charge in [0.05, 0.1) is 24.7 Å². The van der Waals surface area contributed by atoms with Crippen LogP contribution in [0.5, 0.6) is 0 Å². The standard InChI is InChI=1S/C18H23FN2O3/c19-15-8-2-1-7-14(15)17(22)20-18(23)24-12-13-6-5-11-21-10-4-3-9-16(13)21/h1-2,7-8,13,16H,3-6,9-12H2,(H,20,22,23)/p+1/t13-,16+/m0/s1. The van der Waals surface area contributed by atoms with Gasteiger partial charge in [-0.05, 0) is 44.2 Å². The minimum Gasteiger partial charge on any atom is -0.449 e. The number of carbonyl (C=O) groups is 2. The summed E-state index contributed by atoms with van der Waals surface area (Å²) in [5.74, 6) is -1.08. The third-order valence-corrected chi connectivity index (χ3v) is 5.19. The molecule has 2 heterocycles. The number of rotatable bonds is 3. The van der Waals surface area contributed by atoms with Crippen molar-refractivity contribution >= 4 is 12.0 Å². The third kappa shape index (κ3) is 3.93. The van der Waals surface area contributed by atoms with E-state index in [0.29, 0.717) is 18.6 Å². The SMILES string of the molecule is O=C(NC(=O)c1ccccc1F)OC[C@@H]1CCC[NH+]2CCCC[C@H]12. The maximum Gasteiger partial charge on any atom is 0.414 e. The lowest BCUT2D eigenvalue weighted by atomic mass is 9.84. The van der Waals surface area contributed by atoms with Crippen LogP contribution in [0.4, 0.5) is 9.18 Å². The minimum absolute atomic E-state index is 0.157. The van der Waals surface area contributed by atoms with Crippen LogP contribution in [-0.4, -0.2) is 37.7 Å². The number of ether oxygens (including phenoxy) is 1. The van der Waals surface area contributed by atoms with Crippen molar-refractivity contribution in [3.05, 3.63) is 35.6 Å². The Morgan fingerprint density at radius 1 is 1.17 bits per heavy atom. The highest BCUT2D eigenvalue weighted by Crippen LogP contribution is 2.20. The molecular weight excluding hydrogens is 311 g/mol. The lowest BCUT2D eigenvalue weighted by molar-refractivity contribution is -0.940. The van der Waals surface area contributed by atoms with Crippen molar-refractivity contribution in [2.24, 2.45) is 5.92 Å². The fraction of sp³-hybridized carbons (Fsp3) is 0.556. The van der Waals surface area contributed by atoms with E-state index in [9.17, 15) is 14.0 Å². The van der Waals surface area contributed by atoms with Gasteiger partial charge in [0, 0.05) is 5.92 Å². The Hall–Kier alpha value is -1.95. The first-order valence-electron chi connectivity index (χ1n) is 8.72. The average Bonchev–Trinajstić information content (AvgIpc) is 2.60. The van der Waals surface area contributed by atoms with Gasteiger partial charge in [0.1, 0.15) is 12.4 Å². The topological polar surface area (TPSA) is 59.8 Å². The molecule has 1 aromatic carbocycles. The van der Waals surface area contributed by atoms with Crippen LogP contribution >= 0.6 is 0 Å². The summed E-state index contributed by atoms with van der Waals surface area (Å²) in [6.07, 6.45) is 5.10. The van der Waals surface area contributed by atoms with Gasteiger partial charge in [-0.2, -0.15) is 0 Å². The van der Waals surface area contributed by atoms with Gasteiger partial charge >= 0.3 is 6.09 Å². The quantitative estimate of drug-likeness (QED) is 0.881. The number of amides is 2. The number of benzene rings is 1. The number of alkyl carbamates (subject to hydrolysis) is 1. The predicted molar refractivity (Wildman–Crippen MR) is 86.3 cm³/mol. The molecule has 5 nitrogen and oxygen atoms in total. The Morgan fingerprint density at radius 2 is 1.96 bits per heavy atom. The number of hydrogen-bond acceptors (Lipinski definition) is 3. The summed E-state index contributed by atoms with van der Waals surface area (Å²) in [5, 5.41) is 2.10. The highest BCUT2D eigenvalue weighted by molar-refractivity contribution is 6.02. The van der Waals surface area contributed by atoms with Gasteiger partial charge in [-0.25, -0.2) is 9.18 Å². The first-order valence-corrected chi connectivity index (χ1v) is 8.72. The zero-order valence-electron chi connectivity index (χ0n) is 13.7. The Bertz CT molecular complexity index is 606. The molecule has 2 aliphatic heterocycles. The fourth-order valence-corrected chi connectivity index (χ4v) is 4.00. The molecule has 0 saturated carbocycles. The summed E-state index contributed by atoms with van der Waals surface area (Å²) < 4.78 is 18.8. The summed E-state index contributed by atoms with van der Waals surface area (Å²) >= 11 is 0. The van der Waals surface area contributed by atoms with Gasteiger partial charge in [0.25, 0.3) is 5.91 Å². The van der Waals surface area contributed by atoms with Gasteiger partial charge in [0.15, 0.2) is 0 Å². The number of nitrogens with one attached hydrogen (secondary N) is 2. The van der Waals surface area contributed by atoms with Crippen LogP contribution < -0.4 is 10.2 Å². The molecule has 0 spiro atoms. The Labute approximate surface area is 141 Å². The van der Waals surface area contributed by atoms with E-state index < -0.39 is 17.8 Å². The van der Waals surface area contributed by atoms with Gasteiger partial charge in [0.2, 0.25) is 0 Å². The largest absolute Gasteiger partial charge is 0.449 e. The number of imide groups is 1. The highest BCUT2D eigenvalue weighted by Gasteiger charge is 2.37. The molecule has 3 atom stereocenters. The lowest BCUT2D eigenvalue weighted by Gasteiger charge is -2.40. The summed E-state index contributed by atoms with van der Waals surface area (Å²) in [4.78, 5) is 25.4. The van der Waals surface area contributed by atoms with Gasteiger partial charge < -0.3 is 9.64 Å². The average molecular weight is 335 g/mol. The monoisotopic (exact) mass is 335 g/mol. The van der Waals surface area contributed by atoms with Crippen LogP contribution in [0.25, 0.3) is 0 Å². The molecule has 6 heteroatoms. The van der Waals surface area contributed by atoms with Gasteiger partial charge in [-0.15, -0.1) is 0 Å². The van der Waals surface area contributed by atoms with Crippen LogP contribution in [0.15, 0.2) is 24.3 Å². The second-order valence-electron chi connectivity index (χ2n) is 6.70. The predicted octanol–water partition coefficient (Wildman–Crippen LogP) is 1.54. The molecule has 0 aliphatic carbocycles. The van der Waals surface area contributed by atoms with Crippen LogP contribution in [0.3, 0.4) is 0 Å².